The first-order valence-corrected chi connectivity index (χ1v) is 7.34. The number of imide groups is 1. The van der Waals surface area contributed by atoms with Crippen molar-refractivity contribution in [2.45, 2.75) is 44.6 Å². The lowest BCUT2D eigenvalue weighted by Gasteiger charge is -2.30. The van der Waals surface area contributed by atoms with E-state index in [-0.39, 0.29) is 11.9 Å². The second-order valence-corrected chi connectivity index (χ2v) is 6.05. The van der Waals surface area contributed by atoms with E-state index in [9.17, 15) is 9.59 Å². The number of hydrogen-bond donors (Lipinski definition) is 1. The summed E-state index contributed by atoms with van der Waals surface area (Å²) in [5.41, 5.74) is 0.785. The van der Waals surface area contributed by atoms with E-state index in [1.54, 1.807) is 12.1 Å². The van der Waals surface area contributed by atoms with Crippen molar-refractivity contribution < 1.29 is 9.59 Å². The van der Waals surface area contributed by atoms with Crippen LogP contribution in [0.5, 0.6) is 0 Å². The maximum absolute atomic E-state index is 12.7. The third kappa shape index (κ3) is 1.99. The molecule has 106 valence electrons. The van der Waals surface area contributed by atoms with E-state index >= 15 is 0 Å². The number of aryl methyl sites for hydroxylation is 1. The van der Waals surface area contributed by atoms with Crippen LogP contribution in [0.25, 0.3) is 0 Å². The third-order valence-electron chi connectivity index (χ3n) is 4.28. The highest BCUT2D eigenvalue weighted by atomic mass is 35.5. The highest BCUT2D eigenvalue weighted by Crippen LogP contribution is 2.36. The lowest BCUT2D eigenvalue weighted by Crippen LogP contribution is -2.48. The predicted octanol–water partition coefficient (Wildman–Crippen LogP) is 3.41. The SMILES string of the molecule is Cc1ccc(N2C(=O)NC3(CCCCC3)C2=O)cc1Cl. The lowest BCUT2D eigenvalue weighted by molar-refractivity contribution is -0.123. The highest BCUT2D eigenvalue weighted by molar-refractivity contribution is 6.32. The van der Waals surface area contributed by atoms with Crippen molar-refractivity contribution >= 4 is 29.2 Å². The molecule has 1 saturated carbocycles. The molecule has 3 amide bonds. The summed E-state index contributed by atoms with van der Waals surface area (Å²) in [4.78, 5) is 26.1. The van der Waals surface area contributed by atoms with E-state index < -0.39 is 5.54 Å². The minimum Gasteiger partial charge on any atom is -0.323 e. The van der Waals surface area contributed by atoms with Gasteiger partial charge in [0.25, 0.3) is 5.91 Å². The maximum atomic E-state index is 12.7. The summed E-state index contributed by atoms with van der Waals surface area (Å²) >= 11 is 6.10. The van der Waals surface area contributed by atoms with Crippen LogP contribution >= 0.6 is 11.6 Å². The number of rotatable bonds is 1. The Labute approximate surface area is 123 Å². The molecule has 1 heterocycles. The normalized spacial score (nSPS) is 21.4. The van der Waals surface area contributed by atoms with Gasteiger partial charge in [0.05, 0.1) is 5.69 Å². The van der Waals surface area contributed by atoms with Crippen LogP contribution in [-0.4, -0.2) is 17.5 Å². The summed E-state index contributed by atoms with van der Waals surface area (Å²) < 4.78 is 0. The van der Waals surface area contributed by atoms with Gasteiger partial charge in [-0.25, -0.2) is 9.69 Å². The molecule has 1 aromatic carbocycles. The minimum atomic E-state index is -0.688. The molecule has 3 rings (SSSR count). The molecule has 20 heavy (non-hydrogen) atoms. The standard InChI is InChI=1S/C15H17ClN2O2/c1-10-5-6-11(9-12(10)16)18-13(19)15(17-14(18)20)7-3-2-4-8-15/h5-6,9H,2-4,7-8H2,1H3,(H,17,20). The van der Waals surface area contributed by atoms with E-state index in [1.165, 1.54) is 4.90 Å². The molecule has 1 spiro atoms. The van der Waals surface area contributed by atoms with Crippen molar-refractivity contribution in [3.63, 3.8) is 0 Å². The first kappa shape index (κ1) is 13.4. The molecule has 1 aromatic rings. The van der Waals surface area contributed by atoms with E-state index in [4.69, 9.17) is 11.6 Å². The molecule has 2 fully saturated rings. The van der Waals surface area contributed by atoms with Crippen molar-refractivity contribution in [3.8, 4) is 0 Å². The molecule has 0 aromatic heterocycles. The number of nitrogens with zero attached hydrogens (tertiary/aromatic N) is 1. The second-order valence-electron chi connectivity index (χ2n) is 5.65. The molecule has 4 nitrogen and oxygen atoms in total. The predicted molar refractivity (Wildman–Crippen MR) is 78.0 cm³/mol. The van der Waals surface area contributed by atoms with Gasteiger partial charge in [-0.3, -0.25) is 4.79 Å². The number of nitrogens with one attached hydrogen (secondary N) is 1. The first-order chi connectivity index (χ1) is 9.53. The van der Waals surface area contributed by atoms with Crippen LogP contribution in [0, 0.1) is 6.92 Å². The maximum Gasteiger partial charge on any atom is 0.329 e. The molecular weight excluding hydrogens is 276 g/mol. The van der Waals surface area contributed by atoms with Crippen LogP contribution in [0.15, 0.2) is 18.2 Å². The Morgan fingerprint density at radius 2 is 1.90 bits per heavy atom. The third-order valence-corrected chi connectivity index (χ3v) is 4.69. The molecule has 0 atom stereocenters. The fourth-order valence-corrected chi connectivity index (χ4v) is 3.24. The molecule has 1 saturated heterocycles. The molecule has 0 radical (unpaired) electrons. The van der Waals surface area contributed by atoms with E-state index in [1.807, 2.05) is 13.0 Å². The Morgan fingerprint density at radius 1 is 1.20 bits per heavy atom. The van der Waals surface area contributed by atoms with Crippen LogP contribution < -0.4 is 10.2 Å². The molecule has 1 aliphatic carbocycles. The molecule has 1 N–H and O–H groups in total. The Morgan fingerprint density at radius 3 is 2.55 bits per heavy atom. The van der Waals surface area contributed by atoms with Crippen molar-refractivity contribution in [1.29, 1.82) is 0 Å². The number of urea groups is 1. The Hall–Kier alpha value is -1.55. The summed E-state index contributed by atoms with van der Waals surface area (Å²) in [6, 6.07) is 4.93. The van der Waals surface area contributed by atoms with E-state index in [2.05, 4.69) is 5.32 Å². The minimum absolute atomic E-state index is 0.137. The summed E-state index contributed by atoms with van der Waals surface area (Å²) in [6.45, 7) is 1.89. The molecular formula is C15H17ClN2O2. The van der Waals surface area contributed by atoms with Crippen LogP contribution in [-0.2, 0) is 4.79 Å². The first-order valence-electron chi connectivity index (χ1n) is 6.96. The molecule has 0 unspecified atom stereocenters. The highest BCUT2D eigenvalue weighted by Gasteiger charge is 2.51. The number of halogens is 1. The zero-order valence-electron chi connectivity index (χ0n) is 11.4. The zero-order valence-corrected chi connectivity index (χ0v) is 12.2. The van der Waals surface area contributed by atoms with E-state index in [0.717, 1.165) is 37.7 Å². The van der Waals surface area contributed by atoms with Gasteiger partial charge in [0.15, 0.2) is 0 Å². The number of hydrogen-bond acceptors (Lipinski definition) is 2. The smallest absolute Gasteiger partial charge is 0.323 e. The second kappa shape index (κ2) is 4.77. The van der Waals surface area contributed by atoms with Gasteiger partial charge in [0.1, 0.15) is 5.54 Å². The topological polar surface area (TPSA) is 49.4 Å². The summed E-state index contributed by atoms with van der Waals surface area (Å²) in [6.07, 6.45) is 4.55. The van der Waals surface area contributed by atoms with Crippen LogP contribution in [0.2, 0.25) is 5.02 Å². The lowest BCUT2D eigenvalue weighted by atomic mass is 9.81. The van der Waals surface area contributed by atoms with Gasteiger partial charge < -0.3 is 5.32 Å². The number of carbonyl (C=O) groups excluding carboxylic acids is 2. The fraction of sp³-hybridized carbons (Fsp3) is 0.467. The number of amides is 3. The Balaban J connectivity index is 1.95. The summed E-state index contributed by atoms with van der Waals surface area (Å²) in [5.74, 6) is -0.137. The largest absolute Gasteiger partial charge is 0.329 e. The quantitative estimate of drug-likeness (QED) is 0.807. The van der Waals surface area contributed by atoms with Crippen LogP contribution in [0.3, 0.4) is 0 Å². The fourth-order valence-electron chi connectivity index (χ4n) is 3.07. The van der Waals surface area contributed by atoms with Gasteiger partial charge in [-0.15, -0.1) is 0 Å². The number of carbonyl (C=O) groups is 2. The van der Waals surface area contributed by atoms with Gasteiger partial charge in [0, 0.05) is 5.02 Å². The van der Waals surface area contributed by atoms with Gasteiger partial charge in [-0.1, -0.05) is 36.9 Å². The van der Waals surface area contributed by atoms with Crippen molar-refractivity contribution in [1.82, 2.24) is 5.32 Å². The van der Waals surface area contributed by atoms with Gasteiger partial charge in [0.2, 0.25) is 0 Å². The van der Waals surface area contributed by atoms with Crippen molar-refractivity contribution in [2.75, 3.05) is 4.90 Å². The zero-order chi connectivity index (χ0) is 14.3. The van der Waals surface area contributed by atoms with Crippen molar-refractivity contribution in [2.24, 2.45) is 0 Å². The number of anilines is 1. The van der Waals surface area contributed by atoms with Gasteiger partial charge in [-0.2, -0.15) is 0 Å². The Bertz CT molecular complexity index is 579. The van der Waals surface area contributed by atoms with Crippen LogP contribution in [0.4, 0.5) is 10.5 Å². The van der Waals surface area contributed by atoms with Gasteiger partial charge in [-0.05, 0) is 37.5 Å². The summed E-state index contributed by atoms with van der Waals surface area (Å²) in [7, 11) is 0. The monoisotopic (exact) mass is 292 g/mol. The Kier molecular flexibility index (Phi) is 3.21. The molecule has 0 bridgehead atoms. The van der Waals surface area contributed by atoms with E-state index in [0.29, 0.717) is 10.7 Å². The molecule has 5 heteroatoms. The molecule has 2 aliphatic rings. The average Bonchev–Trinajstić information content (AvgIpc) is 2.66. The van der Waals surface area contributed by atoms with Crippen molar-refractivity contribution in [3.05, 3.63) is 28.8 Å². The summed E-state index contributed by atoms with van der Waals surface area (Å²) in [5, 5.41) is 3.46. The average molecular weight is 293 g/mol. The van der Waals surface area contributed by atoms with Gasteiger partial charge >= 0.3 is 6.03 Å². The van der Waals surface area contributed by atoms with Crippen LogP contribution in [0.1, 0.15) is 37.7 Å². The molecule has 1 aliphatic heterocycles. The number of benzene rings is 1.